The highest BCUT2D eigenvalue weighted by molar-refractivity contribution is 5.92. The number of ether oxygens (including phenoxy) is 2. The topological polar surface area (TPSA) is 38.8 Å². The Labute approximate surface area is 154 Å². The van der Waals surface area contributed by atoms with Gasteiger partial charge in [0.25, 0.3) is 0 Å². The number of allylic oxidation sites excluding steroid dienone is 1. The monoisotopic (exact) mass is 349 g/mol. The molecule has 3 rings (SSSR count). The first-order valence-corrected chi connectivity index (χ1v) is 8.68. The van der Waals surface area contributed by atoms with Crippen molar-refractivity contribution in [3.63, 3.8) is 0 Å². The maximum absolute atomic E-state index is 12.6. The van der Waals surface area contributed by atoms with Gasteiger partial charge in [-0.15, -0.1) is 0 Å². The van der Waals surface area contributed by atoms with Gasteiger partial charge < -0.3 is 14.4 Å². The summed E-state index contributed by atoms with van der Waals surface area (Å²) in [6.07, 6.45) is 3.92. The molecule has 1 atom stereocenters. The second-order valence-corrected chi connectivity index (χ2v) is 6.13. The van der Waals surface area contributed by atoms with E-state index >= 15 is 0 Å². The van der Waals surface area contributed by atoms with E-state index in [0.717, 1.165) is 22.6 Å². The molecule has 0 saturated heterocycles. The zero-order chi connectivity index (χ0) is 18.5. The lowest BCUT2D eigenvalue weighted by molar-refractivity contribution is -0.138. The summed E-state index contributed by atoms with van der Waals surface area (Å²) in [7, 11) is 1.64. The van der Waals surface area contributed by atoms with Crippen molar-refractivity contribution in [2.24, 2.45) is 0 Å². The Morgan fingerprint density at radius 2 is 1.73 bits per heavy atom. The molecule has 0 amide bonds. The average molecular weight is 349 g/mol. The zero-order valence-electron chi connectivity index (χ0n) is 15.3. The third-order valence-corrected chi connectivity index (χ3v) is 4.40. The second kappa shape index (κ2) is 7.91. The Balaban J connectivity index is 2.01. The van der Waals surface area contributed by atoms with Crippen LogP contribution in [0.15, 0.2) is 78.1 Å². The van der Waals surface area contributed by atoms with Crippen LogP contribution >= 0.6 is 0 Å². The van der Waals surface area contributed by atoms with E-state index in [1.807, 2.05) is 79.5 Å². The van der Waals surface area contributed by atoms with Crippen LogP contribution in [-0.4, -0.2) is 19.7 Å². The lowest BCUT2D eigenvalue weighted by Crippen LogP contribution is -2.24. The van der Waals surface area contributed by atoms with E-state index in [2.05, 4.69) is 6.20 Å². The summed E-state index contributed by atoms with van der Waals surface area (Å²) < 4.78 is 10.5. The minimum atomic E-state index is -0.285. The van der Waals surface area contributed by atoms with Gasteiger partial charge in [-0.05, 0) is 49.2 Å². The predicted molar refractivity (Wildman–Crippen MR) is 103 cm³/mol. The molecule has 0 spiro atoms. The van der Waals surface area contributed by atoms with Crippen LogP contribution in [0.25, 0.3) is 0 Å². The van der Waals surface area contributed by atoms with Crippen molar-refractivity contribution < 1.29 is 14.3 Å². The molecule has 2 aromatic carbocycles. The van der Waals surface area contributed by atoms with Gasteiger partial charge in [-0.2, -0.15) is 0 Å². The largest absolute Gasteiger partial charge is 0.497 e. The quantitative estimate of drug-likeness (QED) is 0.737. The maximum Gasteiger partial charge on any atom is 0.336 e. The summed E-state index contributed by atoms with van der Waals surface area (Å²) in [5.41, 5.74) is 3.75. The molecule has 0 bridgehead atoms. The van der Waals surface area contributed by atoms with Gasteiger partial charge in [-0.1, -0.05) is 30.3 Å². The number of rotatable bonds is 5. The summed E-state index contributed by atoms with van der Waals surface area (Å²) in [4.78, 5) is 14.6. The first-order valence-electron chi connectivity index (χ1n) is 8.68. The first kappa shape index (κ1) is 17.8. The first-order chi connectivity index (χ1) is 12.6. The molecule has 0 fully saturated rings. The van der Waals surface area contributed by atoms with Gasteiger partial charge >= 0.3 is 5.97 Å². The molecule has 4 nitrogen and oxygen atoms in total. The number of methoxy groups -OCH3 is 1. The van der Waals surface area contributed by atoms with Gasteiger partial charge in [0, 0.05) is 24.0 Å². The highest BCUT2D eigenvalue weighted by atomic mass is 16.5. The fourth-order valence-corrected chi connectivity index (χ4v) is 3.18. The fraction of sp³-hybridized carbons (Fsp3) is 0.227. The van der Waals surface area contributed by atoms with Crippen molar-refractivity contribution in [2.75, 3.05) is 18.6 Å². The minimum absolute atomic E-state index is 0.107. The van der Waals surface area contributed by atoms with E-state index in [1.54, 1.807) is 7.11 Å². The lowest BCUT2D eigenvalue weighted by atomic mass is 9.84. The van der Waals surface area contributed by atoms with Crippen LogP contribution in [0.2, 0.25) is 0 Å². The van der Waals surface area contributed by atoms with Gasteiger partial charge in [0.1, 0.15) is 5.75 Å². The van der Waals surface area contributed by atoms with Crippen LogP contribution < -0.4 is 9.64 Å². The molecule has 0 aromatic heterocycles. The number of hydrogen-bond acceptors (Lipinski definition) is 4. The molecule has 1 heterocycles. The number of carbonyl (C=O) groups excluding carboxylic acids is 1. The van der Waals surface area contributed by atoms with Crippen molar-refractivity contribution in [2.45, 2.75) is 19.8 Å². The molecule has 1 aliphatic heterocycles. The SMILES string of the molecule is CCOC(=O)C1=CN(c2ccc(OC)cc2)C=C(C)C1c1ccccc1. The minimum Gasteiger partial charge on any atom is -0.497 e. The molecule has 0 radical (unpaired) electrons. The summed E-state index contributed by atoms with van der Waals surface area (Å²) in [5, 5.41) is 0. The van der Waals surface area contributed by atoms with Crippen LogP contribution in [0.4, 0.5) is 5.69 Å². The van der Waals surface area contributed by atoms with Crippen molar-refractivity contribution >= 4 is 11.7 Å². The number of benzene rings is 2. The van der Waals surface area contributed by atoms with Gasteiger partial charge in [0.2, 0.25) is 0 Å². The van der Waals surface area contributed by atoms with Crippen LogP contribution in [0.3, 0.4) is 0 Å². The Hall–Kier alpha value is -3.01. The number of esters is 1. The molecule has 0 saturated carbocycles. The Kier molecular flexibility index (Phi) is 5.42. The highest BCUT2D eigenvalue weighted by Gasteiger charge is 2.29. The number of hydrogen-bond donors (Lipinski definition) is 0. The maximum atomic E-state index is 12.6. The van der Waals surface area contributed by atoms with E-state index in [-0.39, 0.29) is 11.9 Å². The standard InChI is InChI=1S/C22H23NO3/c1-4-26-22(24)20-15-23(18-10-12-19(25-3)13-11-18)14-16(2)21(20)17-8-6-5-7-9-17/h5-15,21H,4H2,1-3H3. The van der Waals surface area contributed by atoms with E-state index in [0.29, 0.717) is 12.2 Å². The molecule has 1 unspecified atom stereocenters. The smallest absolute Gasteiger partial charge is 0.336 e. The molecule has 4 heteroatoms. The predicted octanol–water partition coefficient (Wildman–Crippen LogP) is 4.65. The zero-order valence-corrected chi connectivity index (χ0v) is 15.3. The summed E-state index contributed by atoms with van der Waals surface area (Å²) >= 11 is 0. The van der Waals surface area contributed by atoms with Gasteiger partial charge in [-0.25, -0.2) is 4.79 Å². The molecule has 0 aliphatic carbocycles. The van der Waals surface area contributed by atoms with Gasteiger partial charge in [0.15, 0.2) is 0 Å². The molecule has 0 N–H and O–H groups in total. The number of nitrogens with zero attached hydrogens (tertiary/aromatic N) is 1. The number of carbonyl (C=O) groups is 1. The Morgan fingerprint density at radius 3 is 2.35 bits per heavy atom. The summed E-state index contributed by atoms with van der Waals surface area (Å²) in [5.74, 6) is 0.403. The Bertz CT molecular complexity index is 822. The van der Waals surface area contributed by atoms with E-state index < -0.39 is 0 Å². The molecule has 2 aromatic rings. The van der Waals surface area contributed by atoms with E-state index in [4.69, 9.17) is 9.47 Å². The van der Waals surface area contributed by atoms with Gasteiger partial charge in [0.05, 0.1) is 19.3 Å². The van der Waals surface area contributed by atoms with E-state index in [9.17, 15) is 4.79 Å². The van der Waals surface area contributed by atoms with Crippen LogP contribution in [-0.2, 0) is 9.53 Å². The van der Waals surface area contributed by atoms with Crippen LogP contribution in [0.1, 0.15) is 25.3 Å². The molecule has 26 heavy (non-hydrogen) atoms. The third-order valence-electron chi connectivity index (χ3n) is 4.40. The van der Waals surface area contributed by atoms with E-state index in [1.165, 1.54) is 0 Å². The van der Waals surface area contributed by atoms with Crippen LogP contribution in [0.5, 0.6) is 5.75 Å². The molecule has 1 aliphatic rings. The third kappa shape index (κ3) is 3.64. The second-order valence-electron chi connectivity index (χ2n) is 6.13. The highest BCUT2D eigenvalue weighted by Crippen LogP contribution is 2.37. The van der Waals surface area contributed by atoms with Crippen molar-refractivity contribution in [3.8, 4) is 5.75 Å². The molecular weight excluding hydrogens is 326 g/mol. The fourth-order valence-electron chi connectivity index (χ4n) is 3.18. The van der Waals surface area contributed by atoms with Gasteiger partial charge in [-0.3, -0.25) is 0 Å². The normalized spacial score (nSPS) is 16.6. The molecular formula is C22H23NO3. The summed E-state index contributed by atoms with van der Waals surface area (Å²) in [6, 6.07) is 17.8. The van der Waals surface area contributed by atoms with Crippen LogP contribution in [0, 0.1) is 0 Å². The average Bonchev–Trinajstić information content (AvgIpc) is 2.68. The molecule has 134 valence electrons. The number of anilines is 1. The van der Waals surface area contributed by atoms with Crippen molar-refractivity contribution in [1.82, 2.24) is 0 Å². The van der Waals surface area contributed by atoms with Crippen molar-refractivity contribution in [1.29, 1.82) is 0 Å². The summed E-state index contributed by atoms with van der Waals surface area (Å²) in [6.45, 7) is 4.21. The van der Waals surface area contributed by atoms with Crippen molar-refractivity contribution in [3.05, 3.63) is 83.7 Å². The lowest BCUT2D eigenvalue weighted by Gasteiger charge is -2.30. The Morgan fingerprint density at radius 1 is 1.04 bits per heavy atom.